The van der Waals surface area contributed by atoms with Gasteiger partial charge in [0.15, 0.2) is 0 Å². The van der Waals surface area contributed by atoms with Gasteiger partial charge < -0.3 is 10.1 Å². The summed E-state index contributed by atoms with van der Waals surface area (Å²) in [5.41, 5.74) is 3.05. The van der Waals surface area contributed by atoms with Crippen LogP contribution in [0.3, 0.4) is 0 Å². The van der Waals surface area contributed by atoms with E-state index in [-0.39, 0.29) is 0 Å². The largest absolute Gasteiger partial charge is 0.497 e. The van der Waals surface area contributed by atoms with Crippen molar-refractivity contribution in [3.63, 3.8) is 0 Å². The first kappa shape index (κ1) is 20.8. The van der Waals surface area contributed by atoms with Crippen LogP contribution in [0.15, 0.2) is 42.5 Å². The maximum absolute atomic E-state index is 12.9. The van der Waals surface area contributed by atoms with Crippen molar-refractivity contribution in [3.05, 3.63) is 53.6 Å². The monoisotopic (exact) mass is 390 g/mol. The van der Waals surface area contributed by atoms with Crippen LogP contribution in [0.25, 0.3) is 0 Å². The van der Waals surface area contributed by atoms with Gasteiger partial charge in [0.05, 0.1) is 19.1 Å². The molecule has 27 heavy (non-hydrogen) atoms. The number of aryl methyl sites for hydroxylation is 2. The summed E-state index contributed by atoms with van der Waals surface area (Å²) >= 11 is 0. The van der Waals surface area contributed by atoms with Crippen molar-refractivity contribution in [1.29, 1.82) is 0 Å². The van der Waals surface area contributed by atoms with Crippen molar-refractivity contribution in [2.75, 3.05) is 23.0 Å². The summed E-state index contributed by atoms with van der Waals surface area (Å²) in [5.74, 6) is 0.212. The number of methoxy groups -OCH3 is 1. The predicted molar refractivity (Wildman–Crippen MR) is 109 cm³/mol. The lowest BCUT2D eigenvalue weighted by Gasteiger charge is -2.30. The number of nitrogens with one attached hydrogen (secondary N) is 1. The Labute approximate surface area is 161 Å². The molecule has 146 valence electrons. The number of ether oxygens (including phenoxy) is 1. The van der Waals surface area contributed by atoms with Crippen LogP contribution in [-0.4, -0.2) is 33.7 Å². The molecule has 0 fully saturated rings. The number of sulfonamides is 1. The minimum atomic E-state index is -3.66. The first-order chi connectivity index (χ1) is 12.7. The number of hydrogen-bond donors (Lipinski definition) is 1. The highest BCUT2D eigenvalue weighted by Crippen LogP contribution is 2.26. The Morgan fingerprint density at radius 1 is 1.15 bits per heavy atom. The molecule has 2 aromatic carbocycles. The van der Waals surface area contributed by atoms with Crippen LogP contribution in [0.2, 0.25) is 0 Å². The Morgan fingerprint density at radius 3 is 2.41 bits per heavy atom. The lowest BCUT2D eigenvalue weighted by Crippen LogP contribution is -2.47. The number of carbonyl (C=O) groups excluding carboxylic acids is 1. The molecule has 0 spiro atoms. The molecular weight excluding hydrogens is 364 g/mol. The highest BCUT2D eigenvalue weighted by molar-refractivity contribution is 7.92. The molecule has 2 rings (SSSR count). The van der Waals surface area contributed by atoms with Gasteiger partial charge in [-0.25, -0.2) is 8.42 Å². The summed E-state index contributed by atoms with van der Waals surface area (Å²) in [6.07, 6.45) is 1.44. The first-order valence-corrected chi connectivity index (χ1v) is 10.5. The summed E-state index contributed by atoms with van der Waals surface area (Å²) in [7, 11) is -2.12. The Balaban J connectivity index is 2.39. The molecule has 1 atom stereocenters. The smallest absolute Gasteiger partial charge is 0.248 e. The lowest BCUT2D eigenvalue weighted by atomic mass is 10.1. The predicted octanol–water partition coefficient (Wildman–Crippen LogP) is 3.50. The van der Waals surface area contributed by atoms with Gasteiger partial charge in [0.2, 0.25) is 15.9 Å². The third-order valence-corrected chi connectivity index (χ3v) is 5.59. The molecule has 6 nitrogen and oxygen atoms in total. The molecular formula is C20H26N2O4S. The quantitative estimate of drug-likeness (QED) is 0.785. The van der Waals surface area contributed by atoms with E-state index < -0.39 is 22.0 Å². The van der Waals surface area contributed by atoms with Gasteiger partial charge in [-0.05, 0) is 55.7 Å². The number of hydrogen-bond acceptors (Lipinski definition) is 4. The maximum Gasteiger partial charge on any atom is 0.248 e. The van der Waals surface area contributed by atoms with E-state index in [0.29, 0.717) is 23.5 Å². The van der Waals surface area contributed by atoms with Crippen molar-refractivity contribution in [1.82, 2.24) is 0 Å². The van der Waals surface area contributed by atoms with E-state index in [1.165, 1.54) is 4.31 Å². The number of amides is 1. The minimum absolute atomic E-state index is 0.329. The fraction of sp³-hybridized carbons (Fsp3) is 0.350. The van der Waals surface area contributed by atoms with Crippen molar-refractivity contribution in [2.45, 2.75) is 33.2 Å². The average molecular weight is 391 g/mol. The molecule has 1 unspecified atom stereocenters. The molecule has 2 aromatic rings. The van der Waals surface area contributed by atoms with Crippen LogP contribution in [0, 0.1) is 13.8 Å². The third-order valence-electron chi connectivity index (χ3n) is 4.41. The van der Waals surface area contributed by atoms with Gasteiger partial charge in [-0.2, -0.15) is 0 Å². The highest BCUT2D eigenvalue weighted by atomic mass is 32.2. The minimum Gasteiger partial charge on any atom is -0.497 e. The van der Waals surface area contributed by atoms with Gasteiger partial charge in [0.1, 0.15) is 11.8 Å². The highest BCUT2D eigenvalue weighted by Gasteiger charge is 2.31. The van der Waals surface area contributed by atoms with Crippen LogP contribution in [0.1, 0.15) is 24.5 Å². The second kappa shape index (κ2) is 8.43. The fourth-order valence-electron chi connectivity index (χ4n) is 2.85. The zero-order chi connectivity index (χ0) is 20.2. The van der Waals surface area contributed by atoms with E-state index in [4.69, 9.17) is 4.74 Å². The summed E-state index contributed by atoms with van der Waals surface area (Å²) in [4.78, 5) is 12.9. The SMILES string of the molecule is CCC(C(=O)Nc1cccc(OC)c1)N(c1ccc(C)c(C)c1)S(C)(=O)=O. The van der Waals surface area contributed by atoms with Crippen molar-refractivity contribution < 1.29 is 17.9 Å². The van der Waals surface area contributed by atoms with E-state index in [1.54, 1.807) is 50.4 Å². The topological polar surface area (TPSA) is 75.7 Å². The van der Waals surface area contributed by atoms with Gasteiger partial charge in [-0.1, -0.05) is 19.1 Å². The van der Waals surface area contributed by atoms with Gasteiger partial charge in [0.25, 0.3) is 0 Å². The summed E-state index contributed by atoms with van der Waals surface area (Å²) < 4.78 is 31.4. The molecule has 0 saturated carbocycles. The van der Waals surface area contributed by atoms with Gasteiger partial charge in [-0.3, -0.25) is 9.10 Å². The summed E-state index contributed by atoms with van der Waals surface area (Å²) in [6.45, 7) is 5.66. The molecule has 0 bridgehead atoms. The Bertz CT molecular complexity index is 925. The molecule has 1 amide bonds. The second-order valence-corrected chi connectivity index (χ2v) is 8.33. The van der Waals surface area contributed by atoms with Gasteiger partial charge >= 0.3 is 0 Å². The van der Waals surface area contributed by atoms with Crippen molar-refractivity contribution in [3.8, 4) is 5.75 Å². The molecule has 0 aromatic heterocycles. The van der Waals surface area contributed by atoms with E-state index in [2.05, 4.69) is 5.32 Å². The van der Waals surface area contributed by atoms with Crippen molar-refractivity contribution in [2.24, 2.45) is 0 Å². The maximum atomic E-state index is 12.9. The Kier molecular flexibility index (Phi) is 6.49. The lowest BCUT2D eigenvalue weighted by molar-refractivity contribution is -0.117. The molecule has 0 aliphatic carbocycles. The van der Waals surface area contributed by atoms with Crippen molar-refractivity contribution >= 4 is 27.3 Å². The molecule has 1 N–H and O–H groups in total. The third kappa shape index (κ3) is 5.01. The average Bonchev–Trinajstić information content (AvgIpc) is 2.61. The van der Waals surface area contributed by atoms with Crippen LogP contribution in [0.5, 0.6) is 5.75 Å². The van der Waals surface area contributed by atoms with E-state index in [0.717, 1.165) is 17.4 Å². The van der Waals surface area contributed by atoms with Crippen LogP contribution in [-0.2, 0) is 14.8 Å². The molecule has 7 heteroatoms. The van der Waals surface area contributed by atoms with Crippen LogP contribution in [0.4, 0.5) is 11.4 Å². The van der Waals surface area contributed by atoms with E-state index in [9.17, 15) is 13.2 Å². The van der Waals surface area contributed by atoms with E-state index in [1.807, 2.05) is 19.9 Å². The summed E-state index contributed by atoms with van der Waals surface area (Å²) in [6, 6.07) is 11.4. The second-order valence-electron chi connectivity index (χ2n) is 6.47. The van der Waals surface area contributed by atoms with E-state index >= 15 is 0 Å². The number of carbonyl (C=O) groups is 1. The zero-order valence-electron chi connectivity index (χ0n) is 16.3. The summed E-state index contributed by atoms with van der Waals surface area (Å²) in [5, 5.41) is 2.79. The molecule has 0 saturated heterocycles. The first-order valence-electron chi connectivity index (χ1n) is 8.69. The zero-order valence-corrected chi connectivity index (χ0v) is 17.1. The number of rotatable bonds is 7. The number of benzene rings is 2. The Morgan fingerprint density at radius 2 is 1.85 bits per heavy atom. The normalized spacial score (nSPS) is 12.3. The number of anilines is 2. The molecule has 0 aliphatic rings. The molecule has 0 radical (unpaired) electrons. The standard InChI is InChI=1S/C20H26N2O4S/c1-6-19(20(23)21-16-8-7-9-18(13-16)26-4)22(27(5,24)25)17-11-10-14(2)15(3)12-17/h7-13,19H,6H2,1-5H3,(H,21,23). The fourth-order valence-corrected chi connectivity index (χ4v) is 4.05. The van der Waals surface area contributed by atoms with Crippen LogP contribution >= 0.6 is 0 Å². The molecule has 0 heterocycles. The van der Waals surface area contributed by atoms with Crippen LogP contribution < -0.4 is 14.4 Å². The Hall–Kier alpha value is -2.54. The van der Waals surface area contributed by atoms with Gasteiger partial charge in [-0.15, -0.1) is 0 Å². The molecule has 0 aliphatic heterocycles. The van der Waals surface area contributed by atoms with Gasteiger partial charge in [0, 0.05) is 11.8 Å². The number of nitrogens with zero attached hydrogens (tertiary/aromatic N) is 1.